The second-order valence-electron chi connectivity index (χ2n) is 7.59. The van der Waals surface area contributed by atoms with Crippen LogP contribution < -0.4 is 0 Å². The van der Waals surface area contributed by atoms with Crippen LogP contribution in [0.2, 0.25) is 0 Å². The summed E-state index contributed by atoms with van der Waals surface area (Å²) in [5, 5.41) is 2.55. The minimum Gasteiger partial charge on any atom is -0.228 e. The fourth-order valence-corrected chi connectivity index (χ4v) is 5.91. The molecule has 6 aromatic rings. The molecule has 0 bridgehead atoms. The van der Waals surface area contributed by atoms with Crippen molar-refractivity contribution in [3.05, 3.63) is 107 Å². The average Bonchev–Trinajstić information content (AvgIpc) is 3.23. The van der Waals surface area contributed by atoms with Gasteiger partial charge in [0.05, 0.1) is 5.69 Å². The Morgan fingerprint density at radius 1 is 0.594 bits per heavy atom. The zero-order valence-electron chi connectivity index (χ0n) is 17.0. The molecule has 0 aliphatic heterocycles. The second-order valence-corrected chi connectivity index (χ2v) is 9.75. The van der Waals surface area contributed by atoms with Gasteiger partial charge in [0.2, 0.25) is 0 Å². The summed E-state index contributed by atoms with van der Waals surface area (Å²) in [5.74, 6) is 0.770. The molecule has 6 rings (SSSR count). The molecule has 0 fully saturated rings. The summed E-state index contributed by atoms with van der Waals surface area (Å²) in [6.45, 7) is 0. The highest BCUT2D eigenvalue weighted by molar-refractivity contribution is 14.1. The number of hydrogen-bond donors (Lipinski definition) is 0. The van der Waals surface area contributed by atoms with Gasteiger partial charge < -0.3 is 0 Å². The molecule has 0 saturated heterocycles. The van der Waals surface area contributed by atoms with Crippen LogP contribution in [0.25, 0.3) is 53.9 Å². The molecule has 0 amide bonds. The number of nitrogens with zero attached hydrogens (tertiary/aromatic N) is 2. The molecule has 2 heterocycles. The largest absolute Gasteiger partial charge is 0.228 e. The smallest absolute Gasteiger partial charge is 0.162 e. The average molecular weight is 540 g/mol. The predicted molar refractivity (Wildman–Crippen MR) is 144 cm³/mol. The van der Waals surface area contributed by atoms with Gasteiger partial charge >= 0.3 is 0 Å². The lowest BCUT2D eigenvalue weighted by Gasteiger charge is -2.11. The zero-order valence-corrected chi connectivity index (χ0v) is 20.0. The summed E-state index contributed by atoms with van der Waals surface area (Å²) < 4.78 is 3.46. The SMILES string of the molecule is Ic1cc(-c2ccccc2-c2ccccc2)nc(-c2cccc3c2sc2ccccc23)n1. The van der Waals surface area contributed by atoms with Crippen molar-refractivity contribution < 1.29 is 0 Å². The van der Waals surface area contributed by atoms with Crippen molar-refractivity contribution in [3.8, 4) is 33.8 Å². The molecule has 32 heavy (non-hydrogen) atoms. The summed E-state index contributed by atoms with van der Waals surface area (Å²) in [5.41, 5.74) is 5.50. The van der Waals surface area contributed by atoms with Gasteiger partial charge in [-0.3, -0.25) is 0 Å². The van der Waals surface area contributed by atoms with E-state index < -0.39 is 0 Å². The van der Waals surface area contributed by atoms with E-state index in [4.69, 9.17) is 9.97 Å². The molecule has 2 aromatic heterocycles. The van der Waals surface area contributed by atoms with Crippen LogP contribution in [-0.4, -0.2) is 9.97 Å². The van der Waals surface area contributed by atoms with Gasteiger partial charge in [0.15, 0.2) is 5.82 Å². The van der Waals surface area contributed by atoms with E-state index in [1.165, 1.54) is 31.3 Å². The van der Waals surface area contributed by atoms with Gasteiger partial charge in [-0.25, -0.2) is 9.97 Å². The van der Waals surface area contributed by atoms with Crippen LogP contribution in [-0.2, 0) is 0 Å². The van der Waals surface area contributed by atoms with Gasteiger partial charge in [0.25, 0.3) is 0 Å². The van der Waals surface area contributed by atoms with Gasteiger partial charge in [-0.2, -0.15) is 0 Å². The molecular formula is C28H17IN2S. The van der Waals surface area contributed by atoms with Crippen molar-refractivity contribution in [1.82, 2.24) is 9.97 Å². The molecule has 2 nitrogen and oxygen atoms in total. The Bertz CT molecular complexity index is 1590. The van der Waals surface area contributed by atoms with E-state index in [0.717, 1.165) is 26.3 Å². The van der Waals surface area contributed by atoms with E-state index in [9.17, 15) is 0 Å². The fourth-order valence-electron chi connectivity index (χ4n) is 4.18. The number of halogens is 1. The Labute approximate surface area is 203 Å². The Morgan fingerprint density at radius 3 is 2.16 bits per heavy atom. The Hall–Kier alpha value is -3.09. The maximum atomic E-state index is 5.07. The maximum Gasteiger partial charge on any atom is 0.162 e. The van der Waals surface area contributed by atoms with E-state index in [0.29, 0.717) is 0 Å². The van der Waals surface area contributed by atoms with Gasteiger partial charge in [-0.1, -0.05) is 84.9 Å². The number of benzene rings is 4. The van der Waals surface area contributed by atoms with E-state index in [2.05, 4.69) is 120 Å². The first-order valence-corrected chi connectivity index (χ1v) is 12.3. The standard InChI is InChI=1S/C28H17IN2S/c29-26-17-24(20-12-5-4-11-19(20)18-9-2-1-3-10-18)30-28(31-26)23-15-8-14-22-21-13-6-7-16-25(21)32-27(22)23/h1-17H. The van der Waals surface area contributed by atoms with Crippen LogP contribution in [0.15, 0.2) is 103 Å². The second kappa shape index (κ2) is 8.11. The first kappa shape index (κ1) is 19.6. The van der Waals surface area contributed by atoms with Crippen molar-refractivity contribution in [2.24, 2.45) is 0 Å². The molecule has 4 heteroatoms. The van der Waals surface area contributed by atoms with Crippen molar-refractivity contribution in [2.75, 3.05) is 0 Å². The van der Waals surface area contributed by atoms with E-state index >= 15 is 0 Å². The summed E-state index contributed by atoms with van der Waals surface area (Å²) in [6, 6.07) is 36.0. The van der Waals surface area contributed by atoms with Crippen LogP contribution >= 0.6 is 33.9 Å². The lowest BCUT2D eigenvalue weighted by atomic mass is 9.97. The zero-order chi connectivity index (χ0) is 21.5. The molecule has 0 aliphatic carbocycles. The molecule has 0 spiro atoms. The summed E-state index contributed by atoms with van der Waals surface area (Å²) in [6.07, 6.45) is 0. The molecule has 4 aromatic carbocycles. The highest BCUT2D eigenvalue weighted by atomic mass is 127. The van der Waals surface area contributed by atoms with Crippen molar-refractivity contribution in [2.45, 2.75) is 0 Å². The third-order valence-electron chi connectivity index (χ3n) is 5.63. The number of rotatable bonds is 3. The minimum absolute atomic E-state index is 0.770. The molecule has 0 aliphatic rings. The van der Waals surface area contributed by atoms with Crippen LogP contribution in [0.5, 0.6) is 0 Å². The lowest BCUT2D eigenvalue weighted by Crippen LogP contribution is -1.96. The quantitative estimate of drug-likeness (QED) is 0.166. The molecule has 0 radical (unpaired) electrons. The number of hydrogen-bond acceptors (Lipinski definition) is 3. The fraction of sp³-hybridized carbons (Fsp3) is 0. The molecule has 0 N–H and O–H groups in total. The van der Waals surface area contributed by atoms with Gasteiger partial charge in [-0.15, -0.1) is 11.3 Å². The van der Waals surface area contributed by atoms with E-state index in [1.807, 2.05) is 17.4 Å². The lowest BCUT2D eigenvalue weighted by molar-refractivity contribution is 1.15. The molecular weight excluding hydrogens is 523 g/mol. The third-order valence-corrected chi connectivity index (χ3v) is 7.40. The van der Waals surface area contributed by atoms with E-state index in [-0.39, 0.29) is 0 Å². The molecule has 152 valence electrons. The molecule has 0 unspecified atom stereocenters. The van der Waals surface area contributed by atoms with Crippen molar-refractivity contribution in [3.63, 3.8) is 0 Å². The van der Waals surface area contributed by atoms with Crippen LogP contribution in [0, 0.1) is 3.70 Å². The van der Waals surface area contributed by atoms with E-state index in [1.54, 1.807) is 0 Å². The number of fused-ring (bicyclic) bond motifs is 3. The monoisotopic (exact) mass is 540 g/mol. The normalized spacial score (nSPS) is 11.3. The summed E-state index contributed by atoms with van der Waals surface area (Å²) in [7, 11) is 0. The molecule has 0 saturated carbocycles. The van der Waals surface area contributed by atoms with Gasteiger partial charge in [0.1, 0.15) is 3.70 Å². The highest BCUT2D eigenvalue weighted by Crippen LogP contribution is 2.40. The Kier molecular flexibility index (Phi) is 4.97. The van der Waals surface area contributed by atoms with Crippen molar-refractivity contribution >= 4 is 54.1 Å². The van der Waals surface area contributed by atoms with Crippen LogP contribution in [0.1, 0.15) is 0 Å². The first-order chi connectivity index (χ1) is 15.8. The molecule has 0 atom stereocenters. The van der Waals surface area contributed by atoms with Gasteiger partial charge in [-0.05, 0) is 51.9 Å². The number of thiophene rings is 1. The van der Waals surface area contributed by atoms with Crippen molar-refractivity contribution in [1.29, 1.82) is 0 Å². The summed E-state index contributed by atoms with van der Waals surface area (Å²) in [4.78, 5) is 9.91. The topological polar surface area (TPSA) is 25.8 Å². The summed E-state index contributed by atoms with van der Waals surface area (Å²) >= 11 is 4.11. The van der Waals surface area contributed by atoms with Crippen LogP contribution in [0.4, 0.5) is 0 Å². The first-order valence-electron chi connectivity index (χ1n) is 10.4. The Morgan fingerprint density at radius 2 is 1.28 bits per heavy atom. The third kappa shape index (κ3) is 3.40. The number of aromatic nitrogens is 2. The van der Waals surface area contributed by atoms with Crippen LogP contribution in [0.3, 0.4) is 0 Å². The van der Waals surface area contributed by atoms with Gasteiger partial charge in [0, 0.05) is 31.3 Å². The highest BCUT2D eigenvalue weighted by Gasteiger charge is 2.15. The minimum atomic E-state index is 0.770. The predicted octanol–water partition coefficient (Wildman–Crippen LogP) is 8.45. The Balaban J connectivity index is 1.57. The maximum absolute atomic E-state index is 5.07.